The van der Waals surface area contributed by atoms with E-state index in [1.807, 2.05) is 0 Å². The number of aryl methyl sites for hydroxylation is 1. The topological polar surface area (TPSA) is 15.3 Å². The van der Waals surface area contributed by atoms with Gasteiger partial charge in [0.15, 0.2) is 0 Å². The third-order valence-corrected chi connectivity index (χ3v) is 3.52. The summed E-state index contributed by atoms with van der Waals surface area (Å²) in [6, 6.07) is 9.56. The second kappa shape index (κ2) is 6.18. The molecule has 1 atom stereocenters. The van der Waals surface area contributed by atoms with Crippen molar-refractivity contribution in [2.24, 2.45) is 0 Å². The third kappa shape index (κ3) is 4.14. The molecule has 0 spiro atoms. The highest BCUT2D eigenvalue weighted by Gasteiger charge is 2.14. The molecular formula is C15H24N2. The fourth-order valence-electron chi connectivity index (χ4n) is 2.53. The molecule has 0 amide bonds. The Morgan fingerprint density at radius 1 is 1.24 bits per heavy atom. The number of rotatable bonds is 4. The van der Waals surface area contributed by atoms with Crippen molar-refractivity contribution in [1.82, 2.24) is 10.2 Å². The molecule has 1 heterocycles. The standard InChI is InChI=1S/C15H24N2/c1-13-6-8-14(9-7-13)11-17(2)12-15-5-3-4-10-16-15/h6-9,15-16H,3-5,10-12H2,1-2H3. The van der Waals surface area contributed by atoms with Gasteiger partial charge in [-0.3, -0.25) is 0 Å². The number of likely N-dealkylation sites (N-methyl/N-ethyl adjacent to an activating group) is 1. The average Bonchev–Trinajstić information content (AvgIpc) is 2.33. The molecule has 0 aliphatic carbocycles. The summed E-state index contributed by atoms with van der Waals surface area (Å²) >= 11 is 0. The zero-order chi connectivity index (χ0) is 12.1. The van der Waals surface area contributed by atoms with Crippen LogP contribution in [0.3, 0.4) is 0 Å². The maximum absolute atomic E-state index is 3.60. The van der Waals surface area contributed by atoms with Gasteiger partial charge in [0.1, 0.15) is 0 Å². The molecule has 1 fully saturated rings. The molecular weight excluding hydrogens is 208 g/mol. The number of piperidine rings is 1. The number of nitrogens with zero attached hydrogens (tertiary/aromatic N) is 1. The molecule has 0 aromatic heterocycles. The summed E-state index contributed by atoms with van der Waals surface area (Å²) in [5, 5.41) is 3.60. The SMILES string of the molecule is Cc1ccc(CN(C)CC2CCCCN2)cc1. The van der Waals surface area contributed by atoms with Crippen molar-refractivity contribution in [2.75, 3.05) is 20.1 Å². The van der Waals surface area contributed by atoms with E-state index in [1.54, 1.807) is 0 Å². The smallest absolute Gasteiger partial charge is 0.0231 e. The van der Waals surface area contributed by atoms with E-state index in [9.17, 15) is 0 Å². The van der Waals surface area contributed by atoms with E-state index in [0.717, 1.165) is 13.1 Å². The fourth-order valence-corrected chi connectivity index (χ4v) is 2.53. The highest BCUT2D eigenvalue weighted by molar-refractivity contribution is 5.21. The zero-order valence-corrected chi connectivity index (χ0v) is 11.1. The third-order valence-electron chi connectivity index (χ3n) is 3.52. The van der Waals surface area contributed by atoms with Crippen LogP contribution in [0.15, 0.2) is 24.3 Å². The molecule has 17 heavy (non-hydrogen) atoms. The van der Waals surface area contributed by atoms with Crippen molar-refractivity contribution >= 4 is 0 Å². The minimum atomic E-state index is 0.694. The zero-order valence-electron chi connectivity index (χ0n) is 11.1. The van der Waals surface area contributed by atoms with Crippen molar-refractivity contribution in [3.05, 3.63) is 35.4 Å². The van der Waals surface area contributed by atoms with Crippen LogP contribution in [0.1, 0.15) is 30.4 Å². The Labute approximate surface area is 105 Å². The molecule has 0 radical (unpaired) electrons. The Morgan fingerprint density at radius 3 is 2.65 bits per heavy atom. The molecule has 0 saturated carbocycles. The highest BCUT2D eigenvalue weighted by atomic mass is 15.1. The molecule has 1 aromatic carbocycles. The van der Waals surface area contributed by atoms with E-state index < -0.39 is 0 Å². The Hall–Kier alpha value is -0.860. The van der Waals surface area contributed by atoms with Gasteiger partial charge in [-0.2, -0.15) is 0 Å². The van der Waals surface area contributed by atoms with Crippen LogP contribution in [0.4, 0.5) is 0 Å². The van der Waals surface area contributed by atoms with E-state index in [-0.39, 0.29) is 0 Å². The summed E-state index contributed by atoms with van der Waals surface area (Å²) in [6.07, 6.45) is 4.06. The van der Waals surface area contributed by atoms with Crippen LogP contribution in [-0.2, 0) is 6.54 Å². The predicted molar refractivity (Wildman–Crippen MR) is 73.2 cm³/mol. The maximum atomic E-state index is 3.60. The Morgan fingerprint density at radius 2 is 2.00 bits per heavy atom. The van der Waals surface area contributed by atoms with Crippen molar-refractivity contribution in [3.63, 3.8) is 0 Å². The van der Waals surface area contributed by atoms with Gasteiger partial charge >= 0.3 is 0 Å². The van der Waals surface area contributed by atoms with Gasteiger partial charge in [0, 0.05) is 19.1 Å². The number of hydrogen-bond donors (Lipinski definition) is 1. The van der Waals surface area contributed by atoms with Gasteiger partial charge in [-0.25, -0.2) is 0 Å². The lowest BCUT2D eigenvalue weighted by molar-refractivity contribution is 0.256. The largest absolute Gasteiger partial charge is 0.313 e. The predicted octanol–water partition coefficient (Wildman–Crippen LogP) is 2.57. The molecule has 2 heteroatoms. The summed E-state index contributed by atoms with van der Waals surface area (Å²) in [5.74, 6) is 0. The van der Waals surface area contributed by atoms with Crippen molar-refractivity contribution in [3.8, 4) is 0 Å². The summed E-state index contributed by atoms with van der Waals surface area (Å²) in [6.45, 7) is 5.55. The van der Waals surface area contributed by atoms with Gasteiger partial charge in [-0.1, -0.05) is 36.2 Å². The molecule has 1 aliphatic rings. The Bertz CT molecular complexity index is 325. The average molecular weight is 232 g/mol. The Balaban J connectivity index is 1.79. The summed E-state index contributed by atoms with van der Waals surface area (Å²) in [5.41, 5.74) is 2.75. The van der Waals surface area contributed by atoms with E-state index in [4.69, 9.17) is 0 Å². The molecule has 0 bridgehead atoms. The van der Waals surface area contributed by atoms with Crippen LogP contribution in [-0.4, -0.2) is 31.1 Å². The number of hydrogen-bond acceptors (Lipinski definition) is 2. The molecule has 1 aromatic rings. The summed E-state index contributed by atoms with van der Waals surface area (Å²) in [4.78, 5) is 2.42. The van der Waals surface area contributed by atoms with E-state index in [2.05, 4.69) is 48.5 Å². The Kier molecular flexibility index (Phi) is 4.57. The number of nitrogens with one attached hydrogen (secondary N) is 1. The van der Waals surface area contributed by atoms with Gasteiger partial charge in [-0.15, -0.1) is 0 Å². The molecule has 1 N–H and O–H groups in total. The molecule has 2 rings (SSSR count). The first-order valence-electron chi connectivity index (χ1n) is 6.71. The van der Waals surface area contributed by atoms with Crippen LogP contribution in [0.2, 0.25) is 0 Å². The molecule has 2 nitrogen and oxygen atoms in total. The lowest BCUT2D eigenvalue weighted by Gasteiger charge is -2.28. The van der Waals surface area contributed by atoms with Gasteiger partial charge in [-0.05, 0) is 38.9 Å². The van der Waals surface area contributed by atoms with E-state index >= 15 is 0 Å². The second-order valence-corrected chi connectivity index (χ2v) is 5.33. The monoisotopic (exact) mass is 232 g/mol. The second-order valence-electron chi connectivity index (χ2n) is 5.33. The number of benzene rings is 1. The van der Waals surface area contributed by atoms with Gasteiger partial charge in [0.25, 0.3) is 0 Å². The van der Waals surface area contributed by atoms with Gasteiger partial charge in [0.2, 0.25) is 0 Å². The van der Waals surface area contributed by atoms with Crippen LogP contribution < -0.4 is 5.32 Å². The first kappa shape index (κ1) is 12.6. The lowest BCUT2D eigenvalue weighted by atomic mass is 10.0. The van der Waals surface area contributed by atoms with Crippen molar-refractivity contribution in [1.29, 1.82) is 0 Å². The minimum absolute atomic E-state index is 0.694. The van der Waals surface area contributed by atoms with Crippen LogP contribution in [0, 0.1) is 6.92 Å². The summed E-state index contributed by atoms with van der Waals surface area (Å²) in [7, 11) is 2.22. The van der Waals surface area contributed by atoms with Crippen LogP contribution in [0.5, 0.6) is 0 Å². The van der Waals surface area contributed by atoms with Gasteiger partial charge in [0.05, 0.1) is 0 Å². The highest BCUT2D eigenvalue weighted by Crippen LogP contribution is 2.10. The summed E-state index contributed by atoms with van der Waals surface area (Å²) < 4.78 is 0. The van der Waals surface area contributed by atoms with Crippen LogP contribution >= 0.6 is 0 Å². The maximum Gasteiger partial charge on any atom is 0.0231 e. The quantitative estimate of drug-likeness (QED) is 0.858. The first-order valence-corrected chi connectivity index (χ1v) is 6.71. The van der Waals surface area contributed by atoms with Crippen LogP contribution in [0.25, 0.3) is 0 Å². The first-order chi connectivity index (χ1) is 8.24. The van der Waals surface area contributed by atoms with Gasteiger partial charge < -0.3 is 10.2 Å². The van der Waals surface area contributed by atoms with E-state index in [0.29, 0.717) is 6.04 Å². The molecule has 1 saturated heterocycles. The molecule has 1 aliphatic heterocycles. The lowest BCUT2D eigenvalue weighted by Crippen LogP contribution is -2.42. The van der Waals surface area contributed by atoms with Crippen molar-refractivity contribution < 1.29 is 0 Å². The minimum Gasteiger partial charge on any atom is -0.313 e. The fraction of sp³-hybridized carbons (Fsp3) is 0.600. The molecule has 94 valence electrons. The molecule has 1 unspecified atom stereocenters. The van der Waals surface area contributed by atoms with E-state index in [1.165, 1.54) is 36.9 Å². The normalized spacial score (nSPS) is 20.8. The van der Waals surface area contributed by atoms with Crippen molar-refractivity contribution in [2.45, 2.75) is 38.8 Å².